The molecule has 0 aliphatic carbocycles. The fourth-order valence-corrected chi connectivity index (χ4v) is 7.30. The lowest BCUT2D eigenvalue weighted by atomic mass is 9.74. The maximum absolute atomic E-state index is 4.29. The Morgan fingerprint density at radius 2 is 1.56 bits per heavy atom. The summed E-state index contributed by atoms with van der Waals surface area (Å²) < 4.78 is 0. The highest BCUT2D eigenvalue weighted by atomic mass is 15.2. The first-order chi connectivity index (χ1) is 16.7. The highest BCUT2D eigenvalue weighted by Gasteiger charge is 2.41. The van der Waals surface area contributed by atoms with Crippen molar-refractivity contribution in [3.8, 4) is 0 Å². The Morgan fingerprint density at radius 1 is 0.912 bits per heavy atom. The van der Waals surface area contributed by atoms with Gasteiger partial charge in [-0.2, -0.15) is 0 Å². The van der Waals surface area contributed by atoms with Crippen molar-refractivity contribution in [2.24, 2.45) is 11.8 Å². The molecule has 0 saturated carbocycles. The monoisotopic (exact) mass is 450 g/mol. The zero-order chi connectivity index (χ0) is 22.8. The maximum Gasteiger partial charge on any atom is 0.0504 e. The molecule has 0 radical (unpaired) electrons. The Hall–Kier alpha value is -2.82. The fraction of sp³-hybridized carbons (Fsp3) is 0.400. The van der Waals surface area contributed by atoms with E-state index in [9.17, 15) is 0 Å². The minimum atomic E-state index is 0.445. The van der Waals surface area contributed by atoms with Crippen LogP contribution in [-0.2, 0) is 12.8 Å². The van der Waals surface area contributed by atoms with E-state index in [1.165, 1.54) is 46.0 Å². The third-order valence-electron chi connectivity index (χ3n) is 9.10. The highest BCUT2D eigenvalue weighted by Crippen LogP contribution is 2.47. The van der Waals surface area contributed by atoms with Gasteiger partial charge in [-0.25, -0.2) is 0 Å². The zero-order valence-corrected chi connectivity index (χ0v) is 20.1. The first-order valence-electron chi connectivity index (χ1n) is 13.0. The van der Waals surface area contributed by atoms with Crippen LogP contribution in [0.3, 0.4) is 0 Å². The Bertz CT molecular complexity index is 1380. The Morgan fingerprint density at radius 3 is 2.29 bits per heavy atom. The second-order valence-corrected chi connectivity index (χ2v) is 10.8. The number of hydrogen-bond acceptors (Lipinski definition) is 2. The molecule has 34 heavy (non-hydrogen) atoms. The smallest absolute Gasteiger partial charge is 0.0504 e. The summed E-state index contributed by atoms with van der Waals surface area (Å²) in [5.41, 5.74) is 8.62. The van der Waals surface area contributed by atoms with Gasteiger partial charge in [0.1, 0.15) is 0 Å². The number of H-pyrrole nitrogens is 2. The molecule has 2 aromatic carbocycles. The van der Waals surface area contributed by atoms with Gasteiger partial charge in [-0.3, -0.25) is 9.80 Å². The van der Waals surface area contributed by atoms with E-state index in [1.807, 2.05) is 0 Å². The van der Waals surface area contributed by atoms with Gasteiger partial charge in [0.15, 0.2) is 0 Å². The van der Waals surface area contributed by atoms with Gasteiger partial charge >= 0.3 is 0 Å². The van der Waals surface area contributed by atoms with E-state index >= 15 is 0 Å². The Balaban J connectivity index is 1.23. The third kappa shape index (κ3) is 3.05. The number of rotatable bonds is 3. The molecule has 5 heterocycles. The molecule has 2 N–H and O–H groups in total. The van der Waals surface area contributed by atoms with Crippen molar-refractivity contribution in [3.63, 3.8) is 0 Å². The summed E-state index contributed by atoms with van der Waals surface area (Å²) in [7, 11) is 2.31. The summed E-state index contributed by atoms with van der Waals surface area (Å²) in [5.74, 6) is 1.17. The number of para-hydroxylation sites is 2. The molecule has 7 rings (SSSR count). The van der Waals surface area contributed by atoms with Gasteiger partial charge in [0.2, 0.25) is 0 Å². The second kappa shape index (κ2) is 7.86. The van der Waals surface area contributed by atoms with Crippen LogP contribution in [0.15, 0.2) is 61.2 Å². The van der Waals surface area contributed by atoms with E-state index in [0.29, 0.717) is 23.9 Å². The van der Waals surface area contributed by atoms with Crippen LogP contribution >= 0.6 is 0 Å². The molecule has 0 bridgehead atoms. The van der Waals surface area contributed by atoms with Gasteiger partial charge in [-0.05, 0) is 67.8 Å². The maximum atomic E-state index is 4.29. The topological polar surface area (TPSA) is 38.1 Å². The molecular weight excluding hydrogens is 416 g/mol. The number of aromatic nitrogens is 2. The lowest BCUT2D eigenvalue weighted by molar-refractivity contribution is 0.0515. The molecule has 4 heteroatoms. The normalized spacial score (nSPS) is 27.4. The van der Waals surface area contributed by atoms with E-state index in [-0.39, 0.29) is 0 Å². The molecule has 1 saturated heterocycles. The molecule has 174 valence electrons. The van der Waals surface area contributed by atoms with Crippen LogP contribution in [0, 0.1) is 11.8 Å². The number of piperidine rings is 1. The summed E-state index contributed by atoms with van der Waals surface area (Å²) in [4.78, 5) is 13.0. The van der Waals surface area contributed by atoms with Crippen LogP contribution in [0.1, 0.15) is 47.4 Å². The number of benzene rings is 2. The molecule has 0 unspecified atom stereocenters. The van der Waals surface area contributed by atoms with Crippen LogP contribution in [0.4, 0.5) is 0 Å². The molecule has 0 amide bonds. The highest BCUT2D eigenvalue weighted by molar-refractivity contribution is 5.86. The third-order valence-corrected chi connectivity index (χ3v) is 9.10. The average molecular weight is 451 g/mol. The Labute approximate surface area is 201 Å². The summed E-state index contributed by atoms with van der Waals surface area (Å²) in [6, 6.07) is 18.6. The van der Waals surface area contributed by atoms with Crippen molar-refractivity contribution in [1.82, 2.24) is 19.8 Å². The van der Waals surface area contributed by atoms with Gasteiger partial charge < -0.3 is 9.97 Å². The van der Waals surface area contributed by atoms with Crippen LogP contribution in [0.2, 0.25) is 0 Å². The predicted octanol–water partition coefficient (Wildman–Crippen LogP) is 5.99. The zero-order valence-electron chi connectivity index (χ0n) is 20.1. The van der Waals surface area contributed by atoms with Crippen molar-refractivity contribution in [2.75, 3.05) is 26.7 Å². The second-order valence-electron chi connectivity index (χ2n) is 10.8. The molecular formula is C30H34N4. The molecule has 3 aliphatic rings. The molecule has 4 atom stereocenters. The summed E-state index contributed by atoms with van der Waals surface area (Å²) in [5, 5.41) is 2.84. The first-order valence-corrected chi connectivity index (χ1v) is 13.0. The number of nitrogens with one attached hydrogen (secondary N) is 2. The number of likely N-dealkylation sites (N-methyl/N-ethyl adjacent to an activating group) is 1. The number of aromatic amines is 2. The fourth-order valence-electron chi connectivity index (χ4n) is 7.30. The largest absolute Gasteiger partial charge is 0.357 e. The van der Waals surface area contributed by atoms with Gasteiger partial charge in [0.05, 0.1) is 12.1 Å². The van der Waals surface area contributed by atoms with Gasteiger partial charge in [-0.15, -0.1) is 6.58 Å². The minimum absolute atomic E-state index is 0.445. The number of fused-ring (bicyclic) bond motifs is 8. The lowest BCUT2D eigenvalue weighted by Gasteiger charge is -2.47. The molecule has 4 aromatic rings. The SMILES string of the molecule is C=C[C@H]1CN2CCc3c([nH]c4ccccc34)[C@@H]2C[C@@H]1C[C@H]1c2[nH]c3ccccc3c2CCN1C. The first kappa shape index (κ1) is 20.5. The van der Waals surface area contributed by atoms with E-state index in [1.54, 1.807) is 11.1 Å². The molecule has 4 nitrogen and oxygen atoms in total. The van der Waals surface area contributed by atoms with Crippen LogP contribution in [0.5, 0.6) is 0 Å². The quantitative estimate of drug-likeness (QED) is 0.376. The standard InChI is InChI=1S/C30H34N4/c1-3-19-18-34-15-13-24-22-9-5-7-11-26(22)32-30(24)28(34)17-20(19)16-27-29-23(12-14-33(27)2)21-8-4-6-10-25(21)31-29/h3-11,19-20,27-28,31-32H,1,12-18H2,2H3/t19-,20-,27-,28-/m0/s1. The van der Waals surface area contributed by atoms with Crippen LogP contribution < -0.4 is 0 Å². The molecule has 2 aromatic heterocycles. The van der Waals surface area contributed by atoms with Gasteiger partial charge in [-0.1, -0.05) is 42.5 Å². The molecule has 3 aliphatic heterocycles. The summed E-state index contributed by atoms with van der Waals surface area (Å²) in [6.45, 7) is 7.71. The van der Waals surface area contributed by atoms with Gasteiger partial charge in [0, 0.05) is 52.8 Å². The number of nitrogens with zero attached hydrogens (tertiary/aromatic N) is 2. The van der Waals surface area contributed by atoms with E-state index in [4.69, 9.17) is 0 Å². The van der Waals surface area contributed by atoms with Crippen molar-refractivity contribution in [1.29, 1.82) is 0 Å². The van der Waals surface area contributed by atoms with E-state index < -0.39 is 0 Å². The molecule has 0 spiro atoms. The van der Waals surface area contributed by atoms with Gasteiger partial charge in [0.25, 0.3) is 0 Å². The van der Waals surface area contributed by atoms with Crippen LogP contribution in [-0.4, -0.2) is 46.4 Å². The minimum Gasteiger partial charge on any atom is -0.357 e. The van der Waals surface area contributed by atoms with Crippen molar-refractivity contribution < 1.29 is 0 Å². The summed E-state index contributed by atoms with van der Waals surface area (Å²) >= 11 is 0. The van der Waals surface area contributed by atoms with E-state index in [2.05, 4.69) is 88.0 Å². The van der Waals surface area contributed by atoms with Crippen molar-refractivity contribution in [2.45, 2.75) is 37.8 Å². The van der Waals surface area contributed by atoms with Crippen molar-refractivity contribution in [3.05, 3.63) is 83.7 Å². The lowest BCUT2D eigenvalue weighted by Crippen LogP contribution is -2.46. The predicted molar refractivity (Wildman–Crippen MR) is 140 cm³/mol. The van der Waals surface area contributed by atoms with E-state index in [0.717, 1.165) is 32.5 Å². The van der Waals surface area contributed by atoms with Crippen LogP contribution in [0.25, 0.3) is 21.8 Å². The van der Waals surface area contributed by atoms with Crippen molar-refractivity contribution >= 4 is 21.8 Å². The Kier molecular flexibility index (Phi) is 4.75. The average Bonchev–Trinajstić information content (AvgIpc) is 3.44. The summed E-state index contributed by atoms with van der Waals surface area (Å²) in [6.07, 6.45) is 6.92. The molecule has 1 fully saturated rings. The number of hydrogen-bond donors (Lipinski definition) is 2.